The zero-order valence-corrected chi connectivity index (χ0v) is 10.9. The Bertz CT molecular complexity index is 475. The van der Waals surface area contributed by atoms with Crippen molar-refractivity contribution in [2.75, 3.05) is 30.5 Å². The van der Waals surface area contributed by atoms with Gasteiger partial charge in [-0.25, -0.2) is 0 Å². The number of nitrogens with zero attached hydrogens (tertiary/aromatic N) is 2. The van der Waals surface area contributed by atoms with Crippen LogP contribution in [0.25, 0.3) is 0 Å². The first-order valence-electron chi connectivity index (χ1n) is 5.98. The number of carbonyl (C=O) groups excluding carboxylic acids is 1. The first-order chi connectivity index (χ1) is 8.47. The van der Waals surface area contributed by atoms with Gasteiger partial charge >= 0.3 is 0 Å². The molecule has 0 saturated carbocycles. The molecule has 2 rings (SSSR count). The normalized spacial score (nSPS) is 19.9. The van der Waals surface area contributed by atoms with Gasteiger partial charge in [-0.2, -0.15) is 0 Å². The standard InChI is InChI=1S/C13H19N3O2/c1-8(7-17)15(2)9-4-5-10-11(6-9)16(3)13(18)12(10)14/h4-6,8,12,17H,7,14H2,1-3H3. The molecule has 1 aliphatic rings. The zero-order valence-electron chi connectivity index (χ0n) is 10.9. The maximum atomic E-state index is 11.8. The van der Waals surface area contributed by atoms with Crippen LogP contribution in [0.1, 0.15) is 18.5 Å². The van der Waals surface area contributed by atoms with Gasteiger partial charge in [0.05, 0.1) is 12.3 Å². The number of amides is 1. The Kier molecular flexibility index (Phi) is 3.28. The number of fused-ring (bicyclic) bond motifs is 1. The molecule has 2 atom stereocenters. The van der Waals surface area contributed by atoms with Crippen LogP contribution in [0.5, 0.6) is 0 Å². The number of aliphatic hydroxyl groups excluding tert-OH is 1. The number of hydrogen-bond acceptors (Lipinski definition) is 4. The van der Waals surface area contributed by atoms with E-state index in [0.29, 0.717) is 0 Å². The van der Waals surface area contributed by atoms with Crippen molar-refractivity contribution in [3.63, 3.8) is 0 Å². The molecule has 0 aromatic heterocycles. The van der Waals surface area contributed by atoms with Gasteiger partial charge in [-0.3, -0.25) is 4.79 Å². The minimum Gasteiger partial charge on any atom is -0.394 e. The van der Waals surface area contributed by atoms with Crippen molar-refractivity contribution in [3.8, 4) is 0 Å². The summed E-state index contributed by atoms with van der Waals surface area (Å²) >= 11 is 0. The monoisotopic (exact) mass is 249 g/mol. The molecule has 0 aliphatic carbocycles. The van der Waals surface area contributed by atoms with Crippen LogP contribution < -0.4 is 15.5 Å². The summed E-state index contributed by atoms with van der Waals surface area (Å²) < 4.78 is 0. The van der Waals surface area contributed by atoms with E-state index in [0.717, 1.165) is 16.9 Å². The van der Waals surface area contributed by atoms with Crippen LogP contribution in [-0.4, -0.2) is 37.8 Å². The molecule has 1 amide bonds. The van der Waals surface area contributed by atoms with Gasteiger partial charge in [-0.1, -0.05) is 6.07 Å². The van der Waals surface area contributed by atoms with Crippen molar-refractivity contribution in [1.82, 2.24) is 0 Å². The topological polar surface area (TPSA) is 69.8 Å². The zero-order chi connectivity index (χ0) is 13.4. The molecule has 5 heteroatoms. The molecule has 2 unspecified atom stereocenters. The van der Waals surface area contributed by atoms with Crippen LogP contribution >= 0.6 is 0 Å². The quantitative estimate of drug-likeness (QED) is 0.817. The second kappa shape index (κ2) is 4.59. The summed E-state index contributed by atoms with van der Waals surface area (Å²) in [7, 11) is 3.65. The molecule has 0 saturated heterocycles. The maximum absolute atomic E-state index is 11.8. The predicted octanol–water partition coefficient (Wildman–Crippen LogP) is 0.480. The van der Waals surface area contributed by atoms with Crippen molar-refractivity contribution in [2.45, 2.75) is 19.0 Å². The molecule has 1 aliphatic heterocycles. The van der Waals surface area contributed by atoms with Gasteiger partial charge in [-0.05, 0) is 19.1 Å². The summed E-state index contributed by atoms with van der Waals surface area (Å²) in [6, 6.07) is 5.22. The highest BCUT2D eigenvalue weighted by atomic mass is 16.3. The van der Waals surface area contributed by atoms with E-state index in [2.05, 4.69) is 0 Å². The van der Waals surface area contributed by atoms with E-state index < -0.39 is 6.04 Å². The van der Waals surface area contributed by atoms with Gasteiger partial charge in [0.25, 0.3) is 0 Å². The summed E-state index contributed by atoms with van der Waals surface area (Å²) in [5.41, 5.74) is 8.52. The van der Waals surface area contributed by atoms with Crippen molar-refractivity contribution in [1.29, 1.82) is 0 Å². The fourth-order valence-electron chi connectivity index (χ4n) is 2.14. The maximum Gasteiger partial charge on any atom is 0.248 e. The average molecular weight is 249 g/mol. The van der Waals surface area contributed by atoms with E-state index >= 15 is 0 Å². The largest absolute Gasteiger partial charge is 0.394 e. The lowest BCUT2D eigenvalue weighted by molar-refractivity contribution is -0.118. The number of aliphatic hydroxyl groups is 1. The fourth-order valence-corrected chi connectivity index (χ4v) is 2.14. The third kappa shape index (κ3) is 1.85. The Morgan fingerprint density at radius 3 is 2.83 bits per heavy atom. The van der Waals surface area contributed by atoms with Crippen LogP contribution in [0.2, 0.25) is 0 Å². The molecule has 0 fully saturated rings. The minimum atomic E-state index is -0.556. The highest BCUT2D eigenvalue weighted by molar-refractivity contribution is 6.04. The van der Waals surface area contributed by atoms with Crippen LogP contribution in [0.3, 0.4) is 0 Å². The Morgan fingerprint density at radius 2 is 2.22 bits per heavy atom. The molecule has 1 aromatic rings. The average Bonchev–Trinajstić information content (AvgIpc) is 2.61. The van der Waals surface area contributed by atoms with Crippen molar-refractivity contribution >= 4 is 17.3 Å². The molecule has 0 bridgehead atoms. The summed E-state index contributed by atoms with van der Waals surface area (Å²) in [6.45, 7) is 2.02. The Morgan fingerprint density at radius 1 is 1.56 bits per heavy atom. The van der Waals surface area contributed by atoms with Crippen molar-refractivity contribution < 1.29 is 9.90 Å². The molecule has 5 nitrogen and oxygen atoms in total. The molecule has 1 aromatic carbocycles. The van der Waals surface area contributed by atoms with Crippen LogP contribution in [0.15, 0.2) is 18.2 Å². The third-order valence-corrected chi connectivity index (χ3v) is 3.64. The summed E-state index contributed by atoms with van der Waals surface area (Å²) in [5.74, 6) is -0.0833. The van der Waals surface area contributed by atoms with E-state index in [1.807, 2.05) is 37.1 Å². The third-order valence-electron chi connectivity index (χ3n) is 3.64. The Balaban J connectivity index is 2.37. The number of carbonyl (C=O) groups is 1. The van der Waals surface area contributed by atoms with Gasteiger partial charge in [-0.15, -0.1) is 0 Å². The first kappa shape index (κ1) is 12.9. The number of rotatable bonds is 3. The summed E-state index contributed by atoms with van der Waals surface area (Å²) in [6.07, 6.45) is 0. The van der Waals surface area contributed by atoms with Gasteiger partial charge in [0.1, 0.15) is 6.04 Å². The SMILES string of the molecule is CC(CO)N(C)c1ccc2c(c1)N(C)C(=O)C2N. The number of benzene rings is 1. The van der Waals surface area contributed by atoms with Gasteiger partial charge in [0.15, 0.2) is 0 Å². The van der Waals surface area contributed by atoms with Crippen molar-refractivity contribution in [3.05, 3.63) is 23.8 Å². The molecular weight excluding hydrogens is 230 g/mol. The fraction of sp³-hybridized carbons (Fsp3) is 0.462. The highest BCUT2D eigenvalue weighted by Gasteiger charge is 2.32. The van der Waals surface area contributed by atoms with E-state index in [4.69, 9.17) is 10.8 Å². The van der Waals surface area contributed by atoms with Crippen LogP contribution in [0, 0.1) is 0 Å². The van der Waals surface area contributed by atoms with E-state index in [1.54, 1.807) is 11.9 Å². The second-order valence-corrected chi connectivity index (χ2v) is 4.76. The molecule has 1 heterocycles. The molecular formula is C13H19N3O2. The smallest absolute Gasteiger partial charge is 0.248 e. The Hall–Kier alpha value is -1.59. The lowest BCUT2D eigenvalue weighted by Crippen LogP contribution is -2.31. The second-order valence-electron chi connectivity index (χ2n) is 4.76. The summed E-state index contributed by atoms with van der Waals surface area (Å²) in [4.78, 5) is 15.3. The predicted molar refractivity (Wildman–Crippen MR) is 71.7 cm³/mol. The first-order valence-corrected chi connectivity index (χ1v) is 5.98. The number of hydrogen-bond donors (Lipinski definition) is 2. The summed E-state index contributed by atoms with van der Waals surface area (Å²) in [5, 5.41) is 9.17. The number of likely N-dealkylation sites (N-methyl/N-ethyl adjacent to an activating group) is 2. The highest BCUT2D eigenvalue weighted by Crippen LogP contribution is 2.36. The van der Waals surface area contributed by atoms with E-state index in [9.17, 15) is 4.79 Å². The van der Waals surface area contributed by atoms with Crippen LogP contribution in [0.4, 0.5) is 11.4 Å². The van der Waals surface area contributed by atoms with Gasteiger partial charge in [0.2, 0.25) is 5.91 Å². The van der Waals surface area contributed by atoms with Gasteiger partial charge in [0, 0.05) is 31.4 Å². The van der Waals surface area contributed by atoms with E-state index in [-0.39, 0.29) is 18.6 Å². The van der Waals surface area contributed by atoms with E-state index in [1.165, 1.54) is 0 Å². The lowest BCUT2D eigenvalue weighted by atomic mass is 10.1. The Labute approximate surface area is 107 Å². The lowest BCUT2D eigenvalue weighted by Gasteiger charge is -2.26. The molecule has 98 valence electrons. The van der Waals surface area contributed by atoms with Crippen LogP contribution in [-0.2, 0) is 4.79 Å². The number of nitrogens with two attached hydrogens (primary N) is 1. The minimum absolute atomic E-state index is 0.0270. The molecule has 3 N–H and O–H groups in total. The molecule has 0 spiro atoms. The molecule has 18 heavy (non-hydrogen) atoms. The molecule has 0 radical (unpaired) electrons. The van der Waals surface area contributed by atoms with Crippen molar-refractivity contribution in [2.24, 2.45) is 5.73 Å². The van der Waals surface area contributed by atoms with Gasteiger partial charge < -0.3 is 20.6 Å². The number of anilines is 2.